The van der Waals surface area contributed by atoms with E-state index in [9.17, 15) is 4.79 Å². The van der Waals surface area contributed by atoms with Gasteiger partial charge in [0.2, 0.25) is 0 Å². The van der Waals surface area contributed by atoms with Gasteiger partial charge in [0.25, 0.3) is 5.91 Å². The van der Waals surface area contributed by atoms with E-state index in [-0.39, 0.29) is 12.5 Å². The number of carbonyl (C=O) groups excluding carboxylic acids is 1. The molecular weight excluding hydrogens is 378 g/mol. The zero-order chi connectivity index (χ0) is 19.5. The normalized spacial score (nSPS) is 10.8. The Morgan fingerprint density at radius 3 is 2.75 bits per heavy atom. The quantitative estimate of drug-likeness (QED) is 0.558. The molecule has 0 fully saturated rings. The Balaban J connectivity index is 1.46. The van der Waals surface area contributed by atoms with E-state index in [0.717, 1.165) is 11.3 Å². The average Bonchev–Trinajstić information content (AvgIpc) is 3.08. The van der Waals surface area contributed by atoms with E-state index in [4.69, 9.17) is 16.3 Å². The van der Waals surface area contributed by atoms with E-state index in [1.165, 1.54) is 0 Å². The summed E-state index contributed by atoms with van der Waals surface area (Å²) in [5.41, 5.74) is 2.96. The maximum atomic E-state index is 12.2. The van der Waals surface area contributed by atoms with E-state index in [1.54, 1.807) is 28.8 Å². The van der Waals surface area contributed by atoms with Crippen molar-refractivity contribution in [2.75, 3.05) is 11.9 Å². The topological polar surface area (TPSA) is 81.4 Å². The van der Waals surface area contributed by atoms with Gasteiger partial charge in [0, 0.05) is 16.3 Å². The summed E-state index contributed by atoms with van der Waals surface area (Å²) in [5, 5.41) is 16.0. The minimum atomic E-state index is -0.259. The summed E-state index contributed by atoms with van der Waals surface area (Å²) in [4.78, 5) is 12.2. The van der Waals surface area contributed by atoms with Crippen molar-refractivity contribution in [2.24, 2.45) is 0 Å². The number of benzene rings is 2. The lowest BCUT2D eigenvalue weighted by Gasteiger charge is -2.09. The summed E-state index contributed by atoms with van der Waals surface area (Å²) < 4.78 is 7.14. The number of aryl methyl sites for hydroxylation is 1. The van der Waals surface area contributed by atoms with Crippen molar-refractivity contribution < 1.29 is 9.53 Å². The highest BCUT2D eigenvalue weighted by molar-refractivity contribution is 6.30. The molecule has 0 aliphatic heterocycles. The number of carbonyl (C=O) groups is 1. The van der Waals surface area contributed by atoms with E-state index in [2.05, 4.69) is 20.6 Å². The van der Waals surface area contributed by atoms with Gasteiger partial charge in [-0.1, -0.05) is 23.7 Å². The highest BCUT2D eigenvalue weighted by atomic mass is 35.5. The Kier molecular flexibility index (Phi) is 4.90. The van der Waals surface area contributed by atoms with Gasteiger partial charge in [-0.15, -0.1) is 10.2 Å². The number of fused-ring (bicyclic) bond motifs is 1. The maximum absolute atomic E-state index is 12.2. The predicted octanol–water partition coefficient (Wildman–Crippen LogP) is 3.77. The van der Waals surface area contributed by atoms with Gasteiger partial charge in [0.05, 0.1) is 5.69 Å². The molecule has 28 heavy (non-hydrogen) atoms. The minimum absolute atomic E-state index is 0.101. The standard InChI is InChI=1S/C20H16ClN5O2/c1-13-23-24-19-10-9-18(25-26(13)19)14-3-2-4-16(11-14)22-20(27)12-28-17-7-5-15(21)6-8-17/h2-11H,12H2,1H3,(H,22,27). The molecular formula is C20H16ClN5O2. The second-order valence-corrected chi connectivity index (χ2v) is 6.54. The molecule has 2 heterocycles. The largest absolute Gasteiger partial charge is 0.484 e. The molecule has 2 aromatic carbocycles. The van der Waals surface area contributed by atoms with Gasteiger partial charge in [-0.25, -0.2) is 0 Å². The third kappa shape index (κ3) is 3.94. The second-order valence-electron chi connectivity index (χ2n) is 6.11. The zero-order valence-corrected chi connectivity index (χ0v) is 15.7. The van der Waals surface area contributed by atoms with Crippen molar-refractivity contribution in [1.29, 1.82) is 0 Å². The van der Waals surface area contributed by atoms with Gasteiger partial charge in [0.15, 0.2) is 18.1 Å². The lowest BCUT2D eigenvalue weighted by molar-refractivity contribution is -0.118. The molecule has 0 aliphatic carbocycles. The van der Waals surface area contributed by atoms with Gasteiger partial charge >= 0.3 is 0 Å². The van der Waals surface area contributed by atoms with Crippen molar-refractivity contribution in [3.63, 3.8) is 0 Å². The van der Waals surface area contributed by atoms with Crippen LogP contribution in [-0.2, 0) is 4.79 Å². The number of rotatable bonds is 5. The Hall–Kier alpha value is -3.45. The highest BCUT2D eigenvalue weighted by Crippen LogP contribution is 2.21. The van der Waals surface area contributed by atoms with Crippen LogP contribution < -0.4 is 10.1 Å². The van der Waals surface area contributed by atoms with Crippen molar-refractivity contribution in [2.45, 2.75) is 6.92 Å². The van der Waals surface area contributed by atoms with E-state index in [0.29, 0.717) is 27.9 Å². The van der Waals surface area contributed by atoms with Crippen LogP contribution in [0.5, 0.6) is 5.75 Å². The van der Waals surface area contributed by atoms with E-state index in [1.807, 2.05) is 43.3 Å². The summed E-state index contributed by atoms with van der Waals surface area (Å²) >= 11 is 5.83. The van der Waals surface area contributed by atoms with Crippen LogP contribution in [0.4, 0.5) is 5.69 Å². The molecule has 0 atom stereocenters. The fourth-order valence-electron chi connectivity index (χ4n) is 2.68. The average molecular weight is 394 g/mol. The fraction of sp³-hybridized carbons (Fsp3) is 0.100. The zero-order valence-electron chi connectivity index (χ0n) is 15.0. The molecule has 0 radical (unpaired) electrons. The van der Waals surface area contributed by atoms with E-state index >= 15 is 0 Å². The highest BCUT2D eigenvalue weighted by Gasteiger charge is 2.08. The molecule has 0 bridgehead atoms. The summed E-state index contributed by atoms with van der Waals surface area (Å²) in [5.74, 6) is 1.03. The van der Waals surface area contributed by atoms with Crippen molar-refractivity contribution in [3.05, 3.63) is 71.5 Å². The fourth-order valence-corrected chi connectivity index (χ4v) is 2.81. The molecule has 2 aromatic heterocycles. The number of amides is 1. The van der Waals surface area contributed by atoms with Gasteiger partial charge < -0.3 is 10.1 Å². The number of ether oxygens (including phenoxy) is 1. The number of hydrogen-bond donors (Lipinski definition) is 1. The Morgan fingerprint density at radius 2 is 1.93 bits per heavy atom. The molecule has 0 spiro atoms. The van der Waals surface area contributed by atoms with Gasteiger partial charge in [0.1, 0.15) is 5.75 Å². The van der Waals surface area contributed by atoms with Crippen LogP contribution >= 0.6 is 11.6 Å². The molecule has 0 unspecified atom stereocenters. The van der Waals surface area contributed by atoms with Crippen LogP contribution in [0.3, 0.4) is 0 Å². The van der Waals surface area contributed by atoms with Crippen LogP contribution in [0.25, 0.3) is 16.9 Å². The molecule has 8 heteroatoms. The number of nitrogens with zero attached hydrogens (tertiary/aromatic N) is 4. The number of nitrogens with one attached hydrogen (secondary N) is 1. The first-order chi connectivity index (χ1) is 13.6. The van der Waals surface area contributed by atoms with Crippen molar-refractivity contribution >= 4 is 28.8 Å². The molecule has 4 aromatic rings. The summed E-state index contributed by atoms with van der Waals surface area (Å²) in [6.45, 7) is 1.74. The number of anilines is 1. The molecule has 0 saturated heterocycles. The molecule has 0 saturated carbocycles. The first kappa shape index (κ1) is 17.9. The first-order valence-corrected chi connectivity index (χ1v) is 8.94. The van der Waals surface area contributed by atoms with Gasteiger partial charge in [-0.05, 0) is 55.5 Å². The molecule has 1 N–H and O–H groups in total. The lowest BCUT2D eigenvalue weighted by atomic mass is 10.1. The molecule has 1 amide bonds. The lowest BCUT2D eigenvalue weighted by Crippen LogP contribution is -2.20. The van der Waals surface area contributed by atoms with Gasteiger partial charge in [-0.2, -0.15) is 9.61 Å². The van der Waals surface area contributed by atoms with Crippen LogP contribution in [0.1, 0.15) is 5.82 Å². The Morgan fingerprint density at radius 1 is 1.11 bits per heavy atom. The third-order valence-electron chi connectivity index (χ3n) is 4.04. The van der Waals surface area contributed by atoms with Crippen LogP contribution in [0.2, 0.25) is 5.02 Å². The number of aromatic nitrogens is 4. The van der Waals surface area contributed by atoms with Gasteiger partial charge in [-0.3, -0.25) is 4.79 Å². The number of halogens is 1. The second kappa shape index (κ2) is 7.66. The summed E-state index contributed by atoms with van der Waals surface area (Å²) in [6.07, 6.45) is 0. The third-order valence-corrected chi connectivity index (χ3v) is 4.30. The van der Waals surface area contributed by atoms with Crippen molar-refractivity contribution in [1.82, 2.24) is 19.8 Å². The van der Waals surface area contributed by atoms with E-state index < -0.39 is 0 Å². The Labute approximate surface area is 165 Å². The molecule has 140 valence electrons. The summed E-state index contributed by atoms with van der Waals surface area (Å²) in [6, 6.07) is 18.0. The van der Waals surface area contributed by atoms with Crippen LogP contribution in [0.15, 0.2) is 60.7 Å². The minimum Gasteiger partial charge on any atom is -0.484 e. The number of hydrogen-bond acceptors (Lipinski definition) is 5. The Bertz CT molecular complexity index is 1140. The van der Waals surface area contributed by atoms with Crippen LogP contribution in [-0.4, -0.2) is 32.3 Å². The predicted molar refractivity (Wildman–Crippen MR) is 107 cm³/mol. The SMILES string of the molecule is Cc1nnc2ccc(-c3cccc(NC(=O)COc4ccc(Cl)cc4)c3)nn12. The summed E-state index contributed by atoms with van der Waals surface area (Å²) in [7, 11) is 0. The van der Waals surface area contributed by atoms with Crippen molar-refractivity contribution in [3.8, 4) is 17.0 Å². The van der Waals surface area contributed by atoms with Crippen LogP contribution in [0, 0.1) is 6.92 Å². The molecule has 0 aliphatic rings. The maximum Gasteiger partial charge on any atom is 0.262 e. The monoisotopic (exact) mass is 393 g/mol. The first-order valence-electron chi connectivity index (χ1n) is 8.56. The smallest absolute Gasteiger partial charge is 0.262 e. The molecule has 7 nitrogen and oxygen atoms in total. The molecule has 4 rings (SSSR count).